The molecule has 0 fully saturated rings. The van der Waals surface area contributed by atoms with Gasteiger partial charge in [0.1, 0.15) is 0 Å². The SMILES string of the molecule is O=C(Nc1cnc(-n2nccn2)c(Cl)c1)c1ccc(Br)cc1Cl. The van der Waals surface area contributed by atoms with Crippen molar-refractivity contribution in [3.05, 3.63) is 62.9 Å². The summed E-state index contributed by atoms with van der Waals surface area (Å²) >= 11 is 15.5. The normalized spacial score (nSPS) is 10.6. The first-order valence-corrected chi connectivity index (χ1v) is 7.88. The summed E-state index contributed by atoms with van der Waals surface area (Å²) in [7, 11) is 0. The van der Waals surface area contributed by atoms with E-state index in [1.165, 1.54) is 23.4 Å². The number of anilines is 1. The zero-order valence-corrected chi connectivity index (χ0v) is 14.5. The highest BCUT2D eigenvalue weighted by Gasteiger charge is 2.13. The molecular formula is C14H8BrCl2N5O. The summed E-state index contributed by atoms with van der Waals surface area (Å²) in [5.41, 5.74) is 0.790. The molecule has 1 N–H and O–H groups in total. The molecule has 0 radical (unpaired) electrons. The zero-order chi connectivity index (χ0) is 16.4. The van der Waals surface area contributed by atoms with Crippen LogP contribution in [0.2, 0.25) is 10.0 Å². The number of halogens is 3. The second kappa shape index (κ2) is 6.66. The predicted octanol–water partition coefficient (Wildman–Crippen LogP) is 3.98. The Kier molecular flexibility index (Phi) is 4.61. The van der Waals surface area contributed by atoms with Gasteiger partial charge in [-0.1, -0.05) is 39.1 Å². The number of nitrogens with zero attached hydrogens (tertiary/aromatic N) is 4. The number of benzene rings is 1. The quantitative estimate of drug-likeness (QED) is 0.705. The number of pyridine rings is 1. The first kappa shape index (κ1) is 15.9. The van der Waals surface area contributed by atoms with Crippen LogP contribution in [0.1, 0.15) is 10.4 Å². The average Bonchev–Trinajstić information content (AvgIpc) is 3.01. The average molecular weight is 413 g/mol. The Morgan fingerprint density at radius 3 is 2.52 bits per heavy atom. The van der Waals surface area contributed by atoms with Crippen molar-refractivity contribution in [3.8, 4) is 5.82 Å². The minimum absolute atomic E-state index is 0.306. The fourth-order valence-corrected chi connectivity index (χ4v) is 2.84. The smallest absolute Gasteiger partial charge is 0.257 e. The number of hydrogen-bond acceptors (Lipinski definition) is 4. The molecule has 3 aromatic rings. The van der Waals surface area contributed by atoms with Gasteiger partial charge in [-0.25, -0.2) is 4.98 Å². The third-order valence-corrected chi connectivity index (χ3v) is 3.95. The molecule has 0 aliphatic rings. The van der Waals surface area contributed by atoms with Crippen LogP contribution in [0.25, 0.3) is 5.82 Å². The lowest BCUT2D eigenvalue weighted by molar-refractivity contribution is 0.102. The van der Waals surface area contributed by atoms with Gasteiger partial charge in [0.2, 0.25) is 0 Å². The molecule has 0 saturated carbocycles. The summed E-state index contributed by atoms with van der Waals surface area (Å²) in [4.78, 5) is 17.7. The van der Waals surface area contributed by atoms with Gasteiger partial charge in [-0.05, 0) is 24.3 Å². The van der Waals surface area contributed by atoms with Crippen LogP contribution in [0.3, 0.4) is 0 Å². The third kappa shape index (κ3) is 3.52. The van der Waals surface area contributed by atoms with E-state index in [1.807, 2.05) is 0 Å². The molecule has 0 saturated heterocycles. The maximum absolute atomic E-state index is 12.3. The summed E-state index contributed by atoms with van der Waals surface area (Å²) in [6.07, 6.45) is 4.50. The number of nitrogens with one attached hydrogen (secondary N) is 1. The Hall–Kier alpha value is -1.96. The largest absolute Gasteiger partial charge is 0.320 e. The maximum atomic E-state index is 12.3. The predicted molar refractivity (Wildman–Crippen MR) is 91.3 cm³/mol. The highest BCUT2D eigenvalue weighted by Crippen LogP contribution is 2.24. The lowest BCUT2D eigenvalue weighted by atomic mass is 10.2. The first-order chi connectivity index (χ1) is 11.0. The van der Waals surface area contributed by atoms with Crippen LogP contribution < -0.4 is 5.32 Å². The summed E-state index contributed by atoms with van der Waals surface area (Å²) in [6, 6.07) is 6.57. The Balaban J connectivity index is 1.83. The van der Waals surface area contributed by atoms with Crippen LogP contribution in [0, 0.1) is 0 Å². The van der Waals surface area contributed by atoms with Crippen molar-refractivity contribution in [1.29, 1.82) is 0 Å². The van der Waals surface area contributed by atoms with Crippen molar-refractivity contribution in [3.63, 3.8) is 0 Å². The van der Waals surface area contributed by atoms with Crippen molar-refractivity contribution in [2.75, 3.05) is 5.32 Å². The van der Waals surface area contributed by atoms with E-state index in [1.54, 1.807) is 24.3 Å². The van der Waals surface area contributed by atoms with Gasteiger partial charge < -0.3 is 5.32 Å². The van der Waals surface area contributed by atoms with Crippen LogP contribution in [0.5, 0.6) is 0 Å². The van der Waals surface area contributed by atoms with Crippen LogP contribution >= 0.6 is 39.1 Å². The number of hydrogen-bond donors (Lipinski definition) is 1. The summed E-state index contributed by atoms with van der Waals surface area (Å²) in [5, 5.41) is 11.3. The second-order valence-corrected chi connectivity index (χ2v) is 6.16. The van der Waals surface area contributed by atoms with Gasteiger partial charge in [0.05, 0.1) is 39.9 Å². The molecule has 9 heteroatoms. The number of rotatable bonds is 3. The highest BCUT2D eigenvalue weighted by molar-refractivity contribution is 9.10. The van der Waals surface area contributed by atoms with Crippen molar-refractivity contribution in [1.82, 2.24) is 20.0 Å². The van der Waals surface area contributed by atoms with E-state index in [4.69, 9.17) is 23.2 Å². The first-order valence-electron chi connectivity index (χ1n) is 6.33. The molecule has 6 nitrogen and oxygen atoms in total. The molecule has 3 rings (SSSR count). The standard InChI is InChI=1S/C14H8BrCl2N5O/c15-8-1-2-10(11(16)5-8)14(23)21-9-6-12(17)13(18-7-9)22-19-3-4-20-22/h1-7H,(H,21,23). The summed E-state index contributed by atoms with van der Waals surface area (Å²) < 4.78 is 0.792. The topological polar surface area (TPSA) is 72.7 Å². The Morgan fingerprint density at radius 2 is 1.87 bits per heavy atom. The second-order valence-electron chi connectivity index (χ2n) is 4.43. The van der Waals surface area contributed by atoms with E-state index in [2.05, 4.69) is 36.4 Å². The van der Waals surface area contributed by atoms with E-state index in [0.717, 1.165) is 4.47 Å². The van der Waals surface area contributed by atoms with E-state index < -0.39 is 0 Å². The molecule has 0 spiro atoms. The molecule has 0 aliphatic heterocycles. The lowest BCUT2D eigenvalue weighted by Crippen LogP contribution is -2.13. The molecule has 0 bridgehead atoms. The zero-order valence-electron chi connectivity index (χ0n) is 11.4. The number of carbonyl (C=O) groups is 1. The minimum atomic E-state index is -0.356. The lowest BCUT2D eigenvalue weighted by Gasteiger charge is -2.08. The van der Waals surface area contributed by atoms with Crippen LogP contribution in [0.15, 0.2) is 47.3 Å². The molecule has 1 amide bonds. The van der Waals surface area contributed by atoms with Gasteiger partial charge in [-0.2, -0.15) is 10.2 Å². The van der Waals surface area contributed by atoms with E-state index in [0.29, 0.717) is 27.1 Å². The van der Waals surface area contributed by atoms with Gasteiger partial charge >= 0.3 is 0 Å². The van der Waals surface area contributed by atoms with E-state index >= 15 is 0 Å². The minimum Gasteiger partial charge on any atom is -0.320 e. The third-order valence-electron chi connectivity index (χ3n) is 2.86. The van der Waals surface area contributed by atoms with E-state index in [9.17, 15) is 4.79 Å². The fourth-order valence-electron chi connectivity index (χ4n) is 1.84. The van der Waals surface area contributed by atoms with Crippen LogP contribution in [-0.4, -0.2) is 25.9 Å². The molecule has 0 aliphatic carbocycles. The Morgan fingerprint density at radius 1 is 1.13 bits per heavy atom. The maximum Gasteiger partial charge on any atom is 0.257 e. The summed E-state index contributed by atoms with van der Waals surface area (Å²) in [6.45, 7) is 0. The number of aromatic nitrogens is 4. The molecule has 2 aromatic heterocycles. The molecule has 1 aromatic carbocycles. The van der Waals surface area contributed by atoms with Gasteiger partial charge in [0.15, 0.2) is 5.82 Å². The van der Waals surface area contributed by atoms with Gasteiger partial charge in [0.25, 0.3) is 5.91 Å². The molecule has 2 heterocycles. The molecular weight excluding hydrogens is 405 g/mol. The van der Waals surface area contributed by atoms with Crippen molar-refractivity contribution < 1.29 is 4.79 Å². The molecule has 0 unspecified atom stereocenters. The van der Waals surface area contributed by atoms with Crippen molar-refractivity contribution >= 4 is 50.7 Å². The molecule has 23 heavy (non-hydrogen) atoms. The molecule has 0 atom stereocenters. The monoisotopic (exact) mass is 411 g/mol. The Bertz CT molecular complexity index is 870. The van der Waals surface area contributed by atoms with Crippen LogP contribution in [0.4, 0.5) is 5.69 Å². The number of amides is 1. The highest BCUT2D eigenvalue weighted by atomic mass is 79.9. The van der Waals surface area contributed by atoms with Crippen molar-refractivity contribution in [2.24, 2.45) is 0 Å². The molecule has 116 valence electrons. The van der Waals surface area contributed by atoms with Crippen molar-refractivity contribution in [2.45, 2.75) is 0 Å². The number of carbonyl (C=O) groups excluding carboxylic acids is 1. The fraction of sp³-hybridized carbons (Fsp3) is 0. The van der Waals surface area contributed by atoms with Gasteiger partial charge in [-0.15, -0.1) is 4.80 Å². The summed E-state index contributed by atoms with van der Waals surface area (Å²) in [5.74, 6) is 0.0154. The van der Waals surface area contributed by atoms with Crippen LogP contribution in [-0.2, 0) is 0 Å². The van der Waals surface area contributed by atoms with Gasteiger partial charge in [-0.3, -0.25) is 4.79 Å². The van der Waals surface area contributed by atoms with Gasteiger partial charge in [0, 0.05) is 4.47 Å². The van der Waals surface area contributed by atoms with E-state index in [-0.39, 0.29) is 5.91 Å². The Labute approximate surface area is 149 Å².